The van der Waals surface area contributed by atoms with Gasteiger partial charge in [0.05, 0.1) is 41.5 Å². The zero-order valence-corrected chi connectivity index (χ0v) is 24.9. The van der Waals surface area contributed by atoms with Gasteiger partial charge in [0, 0.05) is 30.8 Å². The number of aromatic nitrogens is 1. The first-order valence-corrected chi connectivity index (χ1v) is 16.5. The molecular formula is C26H30ClF3N3O7PS. The van der Waals surface area contributed by atoms with Crippen LogP contribution in [0.4, 0.5) is 19.0 Å². The third-order valence-electron chi connectivity index (χ3n) is 6.78. The number of phosphoric ester groups is 1. The van der Waals surface area contributed by atoms with Crippen LogP contribution in [0.25, 0.3) is 5.57 Å². The van der Waals surface area contributed by atoms with Gasteiger partial charge in [-0.05, 0) is 41.8 Å². The Morgan fingerprint density at radius 2 is 1.93 bits per heavy atom. The largest absolute Gasteiger partial charge is 0.496 e. The maximum atomic E-state index is 13.0. The number of sulfone groups is 1. The summed E-state index contributed by atoms with van der Waals surface area (Å²) in [4.78, 5) is 23.2. The molecule has 2 atom stereocenters. The predicted molar refractivity (Wildman–Crippen MR) is 151 cm³/mol. The van der Waals surface area contributed by atoms with Crippen molar-refractivity contribution in [2.45, 2.75) is 36.4 Å². The number of rotatable bonds is 13. The summed E-state index contributed by atoms with van der Waals surface area (Å²) in [5, 5.41) is 3.74. The van der Waals surface area contributed by atoms with Crippen molar-refractivity contribution in [1.29, 1.82) is 0 Å². The van der Waals surface area contributed by atoms with E-state index in [2.05, 4.69) is 14.8 Å². The Morgan fingerprint density at radius 1 is 1.17 bits per heavy atom. The van der Waals surface area contributed by atoms with Crippen molar-refractivity contribution in [1.82, 2.24) is 9.88 Å². The van der Waals surface area contributed by atoms with E-state index in [1.165, 1.54) is 6.20 Å². The van der Waals surface area contributed by atoms with E-state index in [1.54, 1.807) is 37.3 Å². The van der Waals surface area contributed by atoms with Crippen LogP contribution in [0.15, 0.2) is 59.3 Å². The normalized spacial score (nSPS) is 18.7. The number of nitrogens with one attached hydrogen (secondary N) is 1. The van der Waals surface area contributed by atoms with Gasteiger partial charge in [0.25, 0.3) is 0 Å². The summed E-state index contributed by atoms with van der Waals surface area (Å²) in [7, 11) is -8.24. The van der Waals surface area contributed by atoms with Gasteiger partial charge in [-0.3, -0.25) is 9.42 Å². The number of hydrogen-bond acceptors (Lipinski definition) is 8. The average Bonchev–Trinajstić information content (AvgIpc) is 3.28. The van der Waals surface area contributed by atoms with Crippen molar-refractivity contribution < 1.29 is 45.2 Å². The highest BCUT2D eigenvalue weighted by molar-refractivity contribution is 7.91. The lowest BCUT2D eigenvalue weighted by atomic mass is 9.80. The molecule has 1 aromatic carbocycles. The SMILES string of the molecule is CCS(=O)(=O)c1cccc(C2=CC=C(OCCCN(CCOP(=O)(O)O)CC(F)(F)F)C3Nc4ncc(Cl)cc4C23)c1. The number of alkyl halides is 3. The van der Waals surface area contributed by atoms with Crippen molar-refractivity contribution in [3.05, 3.63) is 70.6 Å². The first-order valence-electron chi connectivity index (χ1n) is 13.0. The predicted octanol–water partition coefficient (Wildman–Crippen LogP) is 4.77. The van der Waals surface area contributed by atoms with Crippen LogP contribution in [-0.2, 0) is 23.7 Å². The molecule has 0 radical (unpaired) electrons. The molecule has 0 spiro atoms. The van der Waals surface area contributed by atoms with Gasteiger partial charge in [0.1, 0.15) is 11.6 Å². The fourth-order valence-corrected chi connectivity index (χ4v) is 6.34. The average molecular weight is 652 g/mol. The van der Waals surface area contributed by atoms with Gasteiger partial charge in [0.2, 0.25) is 0 Å². The van der Waals surface area contributed by atoms with Crippen molar-refractivity contribution in [2.24, 2.45) is 0 Å². The number of allylic oxidation sites excluding steroid dienone is 2. The molecule has 10 nitrogen and oxygen atoms in total. The van der Waals surface area contributed by atoms with Crippen LogP contribution >= 0.6 is 19.4 Å². The number of phosphoric acid groups is 1. The van der Waals surface area contributed by atoms with Crippen molar-refractivity contribution >= 4 is 40.7 Å². The molecule has 4 rings (SSSR count). The molecule has 0 bridgehead atoms. The lowest BCUT2D eigenvalue weighted by Gasteiger charge is -2.29. The molecule has 0 fully saturated rings. The molecule has 2 aliphatic rings. The monoisotopic (exact) mass is 651 g/mol. The lowest BCUT2D eigenvalue weighted by Crippen LogP contribution is -2.37. The van der Waals surface area contributed by atoms with Gasteiger partial charge in [0.15, 0.2) is 9.84 Å². The van der Waals surface area contributed by atoms with E-state index in [0.717, 1.165) is 16.0 Å². The van der Waals surface area contributed by atoms with Crippen LogP contribution in [0.5, 0.6) is 0 Å². The standard InChI is InChI=1S/C26H30ClF3N3O7PS/c1-2-42(37,38)19-6-3-5-17(13-19)20-7-8-22(24-23(20)21-14-18(27)15-31-25(21)32-24)39-11-4-9-33(16-26(28,29)30)10-12-40-41(34,35)36/h3,5-8,13-15,23-24H,2,4,9-12,16H2,1H3,(H,31,32)(H2,34,35,36). The Balaban J connectivity index is 1.52. The fraction of sp³-hybridized carbons (Fsp3) is 0.423. The second kappa shape index (κ2) is 13.0. The lowest BCUT2D eigenvalue weighted by molar-refractivity contribution is -0.147. The second-order valence-electron chi connectivity index (χ2n) is 9.73. The molecule has 16 heteroatoms. The van der Waals surface area contributed by atoms with Crippen molar-refractivity contribution in [3.63, 3.8) is 0 Å². The highest BCUT2D eigenvalue weighted by Crippen LogP contribution is 2.48. The number of benzene rings is 1. The fourth-order valence-electron chi connectivity index (χ4n) is 4.92. The molecule has 1 aliphatic carbocycles. The summed E-state index contributed by atoms with van der Waals surface area (Å²) >= 11 is 6.26. The molecule has 1 aromatic heterocycles. The molecule has 2 unspecified atom stereocenters. The van der Waals surface area contributed by atoms with Crippen LogP contribution in [0, 0.1) is 0 Å². The van der Waals surface area contributed by atoms with Crippen LogP contribution < -0.4 is 5.32 Å². The minimum absolute atomic E-state index is 0.0412. The number of nitrogens with zero attached hydrogens (tertiary/aromatic N) is 2. The second-order valence-corrected chi connectivity index (χ2v) is 13.7. The van der Waals surface area contributed by atoms with Crippen LogP contribution in [0.1, 0.15) is 30.4 Å². The number of anilines is 1. The van der Waals surface area contributed by atoms with Gasteiger partial charge in [-0.15, -0.1) is 0 Å². The van der Waals surface area contributed by atoms with E-state index in [0.29, 0.717) is 22.2 Å². The zero-order valence-electron chi connectivity index (χ0n) is 22.4. The minimum Gasteiger partial charge on any atom is -0.496 e. The van der Waals surface area contributed by atoms with Gasteiger partial charge in [-0.1, -0.05) is 36.7 Å². The summed E-state index contributed by atoms with van der Waals surface area (Å²) in [6.07, 6.45) is 0.731. The Hall–Kier alpha value is -2.45. The Labute approximate surface area is 246 Å². The quantitative estimate of drug-likeness (QED) is 0.205. The summed E-state index contributed by atoms with van der Waals surface area (Å²) in [6, 6.07) is 8.02. The third-order valence-corrected chi connectivity index (χ3v) is 9.23. The van der Waals surface area contributed by atoms with E-state index in [-0.39, 0.29) is 42.7 Å². The summed E-state index contributed by atoms with van der Waals surface area (Å²) in [5.74, 6) is 0.718. The Kier molecular flexibility index (Phi) is 10.1. The Morgan fingerprint density at radius 3 is 2.62 bits per heavy atom. The Bertz CT molecular complexity index is 1510. The molecule has 3 N–H and O–H groups in total. The van der Waals surface area contributed by atoms with Crippen LogP contribution in [-0.4, -0.2) is 78.9 Å². The van der Waals surface area contributed by atoms with Gasteiger partial charge >= 0.3 is 14.0 Å². The molecule has 230 valence electrons. The highest BCUT2D eigenvalue weighted by atomic mass is 35.5. The third kappa shape index (κ3) is 8.34. The zero-order chi connectivity index (χ0) is 30.7. The number of halogens is 4. The number of pyridine rings is 1. The van der Waals surface area contributed by atoms with Gasteiger partial charge < -0.3 is 19.8 Å². The molecule has 0 saturated carbocycles. The topological polar surface area (TPSA) is 138 Å². The number of hydrogen-bond donors (Lipinski definition) is 3. The first kappa shape index (κ1) is 32.5. The van der Waals surface area contributed by atoms with Crippen LogP contribution in [0.2, 0.25) is 5.02 Å². The molecular weight excluding hydrogens is 622 g/mol. The summed E-state index contributed by atoms with van der Waals surface area (Å²) in [6.45, 7) is -0.596. The van der Waals surface area contributed by atoms with Gasteiger partial charge in [-0.2, -0.15) is 13.2 Å². The van der Waals surface area contributed by atoms with Crippen LogP contribution in [0.3, 0.4) is 0 Å². The highest BCUT2D eigenvalue weighted by Gasteiger charge is 2.41. The van der Waals surface area contributed by atoms with E-state index in [9.17, 15) is 26.2 Å². The molecule has 0 saturated heterocycles. The number of fused-ring (bicyclic) bond motifs is 3. The number of ether oxygens (including phenoxy) is 1. The van der Waals surface area contributed by atoms with E-state index in [4.69, 9.17) is 26.1 Å². The van der Waals surface area contributed by atoms with E-state index >= 15 is 0 Å². The van der Waals surface area contributed by atoms with Crippen molar-refractivity contribution in [3.8, 4) is 0 Å². The summed E-state index contributed by atoms with van der Waals surface area (Å²) in [5.41, 5.74) is 2.31. The maximum Gasteiger partial charge on any atom is 0.469 e. The van der Waals surface area contributed by atoms with Gasteiger partial charge in [-0.25, -0.2) is 18.0 Å². The van der Waals surface area contributed by atoms with E-state index in [1.807, 2.05) is 12.1 Å². The first-order chi connectivity index (χ1) is 19.7. The maximum absolute atomic E-state index is 13.0. The molecule has 2 heterocycles. The summed E-state index contributed by atoms with van der Waals surface area (Å²) < 4.78 is 85.3. The van der Waals surface area contributed by atoms with Crippen molar-refractivity contribution in [2.75, 3.05) is 43.9 Å². The molecule has 2 aromatic rings. The molecule has 0 amide bonds. The molecule has 1 aliphatic heterocycles. The minimum atomic E-state index is -4.80. The smallest absolute Gasteiger partial charge is 0.469 e. The van der Waals surface area contributed by atoms with E-state index < -0.39 is 43.0 Å². The molecule has 42 heavy (non-hydrogen) atoms.